The van der Waals surface area contributed by atoms with E-state index in [9.17, 15) is 4.79 Å². The monoisotopic (exact) mass is 311 g/mol. The first-order valence-electron chi connectivity index (χ1n) is 7.81. The number of halogens is 1. The SMILES string of the molecule is CCCCOc1ccc(C(=O)N(CCCl)CCCC)cc1. The average Bonchev–Trinajstić information content (AvgIpc) is 2.52. The molecule has 0 N–H and O–H groups in total. The maximum Gasteiger partial charge on any atom is 0.253 e. The van der Waals surface area contributed by atoms with Gasteiger partial charge in [-0.15, -0.1) is 11.6 Å². The lowest BCUT2D eigenvalue weighted by Crippen LogP contribution is -2.33. The van der Waals surface area contributed by atoms with Gasteiger partial charge in [0.25, 0.3) is 5.91 Å². The quantitative estimate of drug-likeness (QED) is 0.475. The molecule has 0 aliphatic heterocycles. The van der Waals surface area contributed by atoms with Crippen LogP contribution in [-0.2, 0) is 0 Å². The molecule has 1 aromatic rings. The van der Waals surface area contributed by atoms with Gasteiger partial charge in [-0.3, -0.25) is 4.79 Å². The number of hydrogen-bond donors (Lipinski definition) is 0. The van der Waals surface area contributed by atoms with Crippen LogP contribution in [-0.4, -0.2) is 36.4 Å². The molecule has 118 valence electrons. The second-order valence-electron chi connectivity index (χ2n) is 5.06. The van der Waals surface area contributed by atoms with Gasteiger partial charge in [0.2, 0.25) is 0 Å². The number of benzene rings is 1. The Balaban J connectivity index is 2.62. The summed E-state index contributed by atoms with van der Waals surface area (Å²) >= 11 is 5.79. The maximum absolute atomic E-state index is 12.4. The van der Waals surface area contributed by atoms with Crippen molar-refractivity contribution in [1.29, 1.82) is 0 Å². The Morgan fingerprint density at radius 3 is 2.33 bits per heavy atom. The summed E-state index contributed by atoms with van der Waals surface area (Å²) in [6.45, 7) is 6.32. The Kier molecular flexibility index (Phi) is 8.91. The summed E-state index contributed by atoms with van der Waals surface area (Å²) in [7, 11) is 0. The normalized spacial score (nSPS) is 10.4. The minimum Gasteiger partial charge on any atom is -0.494 e. The Hall–Kier alpha value is -1.22. The molecule has 0 fully saturated rings. The number of unbranched alkanes of at least 4 members (excludes halogenated alkanes) is 2. The number of amides is 1. The van der Waals surface area contributed by atoms with Crippen LogP contribution in [0.5, 0.6) is 5.75 Å². The predicted molar refractivity (Wildman–Crippen MR) is 88.4 cm³/mol. The number of carbonyl (C=O) groups is 1. The zero-order valence-electron chi connectivity index (χ0n) is 13.1. The van der Waals surface area contributed by atoms with E-state index in [1.54, 1.807) is 0 Å². The third-order valence-corrected chi connectivity index (χ3v) is 3.46. The van der Waals surface area contributed by atoms with Crippen molar-refractivity contribution >= 4 is 17.5 Å². The first-order valence-corrected chi connectivity index (χ1v) is 8.34. The van der Waals surface area contributed by atoms with E-state index in [0.29, 0.717) is 18.0 Å². The molecule has 1 aromatic carbocycles. The lowest BCUT2D eigenvalue weighted by Gasteiger charge is -2.21. The fourth-order valence-electron chi connectivity index (χ4n) is 1.98. The van der Waals surface area contributed by atoms with E-state index in [1.807, 2.05) is 29.2 Å². The van der Waals surface area contributed by atoms with Crippen molar-refractivity contribution < 1.29 is 9.53 Å². The van der Waals surface area contributed by atoms with Crippen molar-refractivity contribution in [2.75, 3.05) is 25.6 Å². The van der Waals surface area contributed by atoms with Crippen LogP contribution < -0.4 is 4.74 Å². The summed E-state index contributed by atoms with van der Waals surface area (Å²) in [6.07, 6.45) is 4.22. The molecule has 0 radical (unpaired) electrons. The second kappa shape index (κ2) is 10.5. The van der Waals surface area contributed by atoms with E-state index in [4.69, 9.17) is 16.3 Å². The van der Waals surface area contributed by atoms with Crippen LogP contribution in [0.1, 0.15) is 49.9 Å². The van der Waals surface area contributed by atoms with E-state index in [2.05, 4.69) is 13.8 Å². The molecule has 3 nitrogen and oxygen atoms in total. The number of nitrogens with zero attached hydrogens (tertiary/aromatic N) is 1. The number of ether oxygens (including phenoxy) is 1. The number of rotatable bonds is 10. The molecule has 0 bridgehead atoms. The van der Waals surface area contributed by atoms with Gasteiger partial charge in [0.15, 0.2) is 0 Å². The lowest BCUT2D eigenvalue weighted by molar-refractivity contribution is 0.0763. The van der Waals surface area contributed by atoms with Crippen molar-refractivity contribution in [3.63, 3.8) is 0 Å². The third kappa shape index (κ3) is 6.38. The molecule has 0 atom stereocenters. The number of hydrogen-bond acceptors (Lipinski definition) is 2. The van der Waals surface area contributed by atoms with Crippen LogP contribution in [0.25, 0.3) is 0 Å². The fourth-order valence-corrected chi connectivity index (χ4v) is 2.18. The molecule has 1 rings (SSSR count). The van der Waals surface area contributed by atoms with Gasteiger partial charge in [0, 0.05) is 24.5 Å². The molecular formula is C17H26ClNO2. The van der Waals surface area contributed by atoms with E-state index in [0.717, 1.165) is 44.6 Å². The molecule has 4 heteroatoms. The maximum atomic E-state index is 12.4. The Morgan fingerprint density at radius 2 is 1.76 bits per heavy atom. The molecule has 0 unspecified atom stereocenters. The molecule has 0 aliphatic carbocycles. The van der Waals surface area contributed by atoms with Crippen molar-refractivity contribution in [3.8, 4) is 5.75 Å². The molecule has 0 saturated carbocycles. The summed E-state index contributed by atoms with van der Waals surface area (Å²) in [4.78, 5) is 14.3. The molecule has 21 heavy (non-hydrogen) atoms. The highest BCUT2D eigenvalue weighted by Gasteiger charge is 2.14. The van der Waals surface area contributed by atoms with Crippen LogP contribution in [0.15, 0.2) is 24.3 Å². The topological polar surface area (TPSA) is 29.5 Å². The minimum atomic E-state index is 0.0456. The number of alkyl halides is 1. The first-order chi connectivity index (χ1) is 10.2. The van der Waals surface area contributed by atoms with Crippen molar-refractivity contribution in [2.24, 2.45) is 0 Å². The van der Waals surface area contributed by atoms with Gasteiger partial charge in [-0.1, -0.05) is 26.7 Å². The summed E-state index contributed by atoms with van der Waals surface area (Å²) < 4.78 is 5.61. The largest absolute Gasteiger partial charge is 0.494 e. The molecule has 0 spiro atoms. The highest BCUT2D eigenvalue weighted by molar-refractivity contribution is 6.18. The summed E-state index contributed by atoms with van der Waals surface area (Å²) in [5.74, 6) is 1.33. The minimum absolute atomic E-state index is 0.0456. The van der Waals surface area contributed by atoms with Crippen LogP contribution >= 0.6 is 11.6 Å². The van der Waals surface area contributed by atoms with Crippen LogP contribution in [0, 0.1) is 0 Å². The van der Waals surface area contributed by atoms with E-state index in [1.165, 1.54) is 0 Å². The Labute approximate surface area is 133 Å². The number of carbonyl (C=O) groups excluding carboxylic acids is 1. The van der Waals surface area contributed by atoms with Gasteiger partial charge < -0.3 is 9.64 Å². The molecule has 0 aromatic heterocycles. The zero-order chi connectivity index (χ0) is 15.5. The fraction of sp³-hybridized carbons (Fsp3) is 0.588. The second-order valence-corrected chi connectivity index (χ2v) is 5.44. The smallest absolute Gasteiger partial charge is 0.253 e. The van der Waals surface area contributed by atoms with Crippen molar-refractivity contribution in [3.05, 3.63) is 29.8 Å². The van der Waals surface area contributed by atoms with Gasteiger partial charge >= 0.3 is 0 Å². The molecule has 1 amide bonds. The standard InChI is InChI=1S/C17H26ClNO2/c1-3-5-12-19(13-11-18)17(20)15-7-9-16(10-8-15)21-14-6-4-2/h7-10H,3-6,11-14H2,1-2H3. The summed E-state index contributed by atoms with van der Waals surface area (Å²) in [5, 5.41) is 0. The summed E-state index contributed by atoms with van der Waals surface area (Å²) in [5.41, 5.74) is 0.694. The van der Waals surface area contributed by atoms with Gasteiger partial charge in [0.05, 0.1) is 6.61 Å². The molecule has 0 saturated heterocycles. The third-order valence-electron chi connectivity index (χ3n) is 3.29. The Bertz CT molecular complexity index is 406. The lowest BCUT2D eigenvalue weighted by atomic mass is 10.2. The van der Waals surface area contributed by atoms with Gasteiger partial charge in [-0.2, -0.15) is 0 Å². The Morgan fingerprint density at radius 1 is 1.10 bits per heavy atom. The van der Waals surface area contributed by atoms with Gasteiger partial charge in [0.1, 0.15) is 5.75 Å². The van der Waals surface area contributed by atoms with Crippen molar-refractivity contribution in [1.82, 2.24) is 4.90 Å². The highest BCUT2D eigenvalue weighted by Crippen LogP contribution is 2.14. The summed E-state index contributed by atoms with van der Waals surface area (Å²) in [6, 6.07) is 7.39. The van der Waals surface area contributed by atoms with Gasteiger partial charge in [-0.05, 0) is 37.1 Å². The van der Waals surface area contributed by atoms with Crippen LogP contribution in [0.2, 0.25) is 0 Å². The van der Waals surface area contributed by atoms with Crippen LogP contribution in [0.4, 0.5) is 0 Å². The molecule has 0 heterocycles. The molecular weight excluding hydrogens is 286 g/mol. The zero-order valence-corrected chi connectivity index (χ0v) is 13.9. The van der Waals surface area contributed by atoms with E-state index < -0.39 is 0 Å². The predicted octanol–water partition coefficient (Wildman–Crippen LogP) is 4.35. The van der Waals surface area contributed by atoms with E-state index >= 15 is 0 Å². The van der Waals surface area contributed by atoms with Crippen LogP contribution in [0.3, 0.4) is 0 Å². The molecule has 0 aliphatic rings. The van der Waals surface area contributed by atoms with Crippen molar-refractivity contribution in [2.45, 2.75) is 39.5 Å². The van der Waals surface area contributed by atoms with E-state index in [-0.39, 0.29) is 5.91 Å². The van der Waals surface area contributed by atoms with Gasteiger partial charge in [-0.25, -0.2) is 0 Å². The average molecular weight is 312 g/mol. The first kappa shape index (κ1) is 17.8. The highest BCUT2D eigenvalue weighted by atomic mass is 35.5.